The lowest BCUT2D eigenvalue weighted by atomic mass is 10.2. The Bertz CT molecular complexity index is 560. The van der Waals surface area contributed by atoms with Gasteiger partial charge in [-0.1, -0.05) is 0 Å². The van der Waals surface area contributed by atoms with Gasteiger partial charge in [0.05, 0.1) is 25.2 Å². The molecular weight excluding hydrogens is 286 g/mol. The fourth-order valence-electron chi connectivity index (χ4n) is 2.31. The normalized spacial score (nSPS) is 15.0. The van der Waals surface area contributed by atoms with E-state index < -0.39 is 11.6 Å². The molecule has 0 radical (unpaired) electrons. The van der Waals surface area contributed by atoms with Gasteiger partial charge >= 0.3 is 12.1 Å². The highest BCUT2D eigenvalue weighted by molar-refractivity contribution is 5.88. The molecule has 0 saturated heterocycles. The zero-order chi connectivity index (χ0) is 16.3. The van der Waals surface area contributed by atoms with Gasteiger partial charge in [-0.2, -0.15) is 0 Å². The molecular formula is C15H23N3O4. The van der Waals surface area contributed by atoms with Gasteiger partial charge in [0.15, 0.2) is 5.69 Å². The minimum Gasteiger partial charge on any atom is -0.461 e. The lowest BCUT2D eigenvalue weighted by Crippen LogP contribution is -2.36. The van der Waals surface area contributed by atoms with Gasteiger partial charge in [0, 0.05) is 13.1 Å². The molecule has 7 heteroatoms. The zero-order valence-electron chi connectivity index (χ0n) is 13.6. The molecule has 122 valence electrons. The summed E-state index contributed by atoms with van der Waals surface area (Å²) in [5, 5.41) is 0. The van der Waals surface area contributed by atoms with E-state index >= 15 is 0 Å². The predicted octanol–water partition coefficient (Wildman–Crippen LogP) is 2.20. The maximum atomic E-state index is 12.3. The van der Waals surface area contributed by atoms with Crippen molar-refractivity contribution >= 4 is 12.1 Å². The first-order valence-electron chi connectivity index (χ1n) is 7.51. The Morgan fingerprint density at radius 2 is 2.05 bits per heavy atom. The average Bonchev–Trinajstić information content (AvgIpc) is 2.67. The van der Waals surface area contributed by atoms with E-state index in [1.54, 1.807) is 18.2 Å². The first-order chi connectivity index (χ1) is 10.3. The molecule has 0 aromatic carbocycles. The summed E-state index contributed by atoms with van der Waals surface area (Å²) in [6, 6.07) is 0. The van der Waals surface area contributed by atoms with Crippen LogP contribution in [0.4, 0.5) is 4.79 Å². The molecule has 1 aliphatic heterocycles. The Labute approximate surface area is 130 Å². The minimum absolute atomic E-state index is 0.275. The number of hydrogen-bond donors (Lipinski definition) is 0. The number of aryl methyl sites for hydroxylation is 1. The topological polar surface area (TPSA) is 73.7 Å². The SMILES string of the molecule is CCOC(=O)c1ncn2c1CN(C(=O)OC(C)(C)C)CCC2. The van der Waals surface area contributed by atoms with Crippen molar-refractivity contribution in [3.05, 3.63) is 17.7 Å². The van der Waals surface area contributed by atoms with Crippen LogP contribution in [0.2, 0.25) is 0 Å². The number of imidazole rings is 1. The maximum absolute atomic E-state index is 12.3. The van der Waals surface area contributed by atoms with Crippen molar-refractivity contribution in [1.82, 2.24) is 14.5 Å². The Morgan fingerprint density at radius 1 is 1.32 bits per heavy atom. The number of amides is 1. The average molecular weight is 309 g/mol. The van der Waals surface area contributed by atoms with Gasteiger partial charge < -0.3 is 18.9 Å². The zero-order valence-corrected chi connectivity index (χ0v) is 13.6. The molecule has 1 aromatic heterocycles. The van der Waals surface area contributed by atoms with Crippen molar-refractivity contribution in [3.8, 4) is 0 Å². The number of carbonyl (C=O) groups is 2. The summed E-state index contributed by atoms with van der Waals surface area (Å²) in [4.78, 5) is 30.0. The van der Waals surface area contributed by atoms with Crippen LogP contribution in [-0.2, 0) is 22.6 Å². The Balaban J connectivity index is 2.20. The van der Waals surface area contributed by atoms with E-state index in [-0.39, 0.29) is 11.8 Å². The lowest BCUT2D eigenvalue weighted by Gasteiger charge is -2.26. The van der Waals surface area contributed by atoms with E-state index in [2.05, 4.69) is 4.98 Å². The molecule has 0 unspecified atom stereocenters. The highest BCUT2D eigenvalue weighted by Crippen LogP contribution is 2.19. The molecule has 0 spiro atoms. The summed E-state index contributed by atoms with van der Waals surface area (Å²) in [5.41, 5.74) is 0.423. The second-order valence-corrected chi connectivity index (χ2v) is 6.21. The molecule has 1 amide bonds. The van der Waals surface area contributed by atoms with E-state index in [1.807, 2.05) is 25.3 Å². The lowest BCUT2D eigenvalue weighted by molar-refractivity contribution is 0.0233. The summed E-state index contributed by atoms with van der Waals surface area (Å²) in [6.07, 6.45) is 2.03. The minimum atomic E-state index is -0.548. The molecule has 1 aliphatic rings. The van der Waals surface area contributed by atoms with Crippen molar-refractivity contribution < 1.29 is 19.1 Å². The number of rotatable bonds is 2. The smallest absolute Gasteiger partial charge is 0.410 e. The van der Waals surface area contributed by atoms with Crippen LogP contribution in [0.1, 0.15) is 50.3 Å². The molecule has 0 fully saturated rings. The van der Waals surface area contributed by atoms with E-state index in [1.165, 1.54) is 0 Å². The van der Waals surface area contributed by atoms with Crippen molar-refractivity contribution in [3.63, 3.8) is 0 Å². The van der Waals surface area contributed by atoms with Gasteiger partial charge in [-0.15, -0.1) is 0 Å². The van der Waals surface area contributed by atoms with Crippen LogP contribution in [0.3, 0.4) is 0 Å². The van der Waals surface area contributed by atoms with Gasteiger partial charge in [-0.3, -0.25) is 0 Å². The van der Waals surface area contributed by atoms with Gasteiger partial charge in [0.2, 0.25) is 0 Å². The first kappa shape index (κ1) is 16.3. The van der Waals surface area contributed by atoms with Crippen molar-refractivity contribution in [2.45, 2.75) is 52.8 Å². The van der Waals surface area contributed by atoms with Gasteiger partial charge in [-0.05, 0) is 34.1 Å². The summed E-state index contributed by atoms with van der Waals surface area (Å²) < 4.78 is 12.3. The number of aromatic nitrogens is 2. The van der Waals surface area contributed by atoms with Crippen LogP contribution >= 0.6 is 0 Å². The summed E-state index contributed by atoms with van der Waals surface area (Å²) in [5.74, 6) is -0.456. The molecule has 0 saturated carbocycles. The Kier molecular flexibility index (Phi) is 4.73. The van der Waals surface area contributed by atoms with Crippen molar-refractivity contribution in [1.29, 1.82) is 0 Å². The van der Waals surface area contributed by atoms with Crippen LogP contribution < -0.4 is 0 Å². The molecule has 7 nitrogen and oxygen atoms in total. The third-order valence-electron chi connectivity index (χ3n) is 3.23. The third-order valence-corrected chi connectivity index (χ3v) is 3.23. The predicted molar refractivity (Wildman–Crippen MR) is 79.4 cm³/mol. The second kappa shape index (κ2) is 6.37. The van der Waals surface area contributed by atoms with Gasteiger partial charge in [0.1, 0.15) is 5.60 Å². The molecule has 0 N–H and O–H groups in total. The van der Waals surface area contributed by atoms with Crippen LogP contribution in [0.25, 0.3) is 0 Å². The Morgan fingerprint density at radius 3 is 2.68 bits per heavy atom. The van der Waals surface area contributed by atoms with E-state index in [0.29, 0.717) is 31.9 Å². The highest BCUT2D eigenvalue weighted by atomic mass is 16.6. The second-order valence-electron chi connectivity index (χ2n) is 6.21. The largest absolute Gasteiger partial charge is 0.461 e. The molecule has 0 atom stereocenters. The first-order valence-corrected chi connectivity index (χ1v) is 7.51. The molecule has 22 heavy (non-hydrogen) atoms. The molecule has 1 aromatic rings. The van der Waals surface area contributed by atoms with E-state index in [9.17, 15) is 9.59 Å². The monoisotopic (exact) mass is 309 g/mol. The van der Waals surface area contributed by atoms with Crippen molar-refractivity contribution in [2.75, 3.05) is 13.2 Å². The summed E-state index contributed by atoms with van der Waals surface area (Å²) in [7, 11) is 0. The fourth-order valence-corrected chi connectivity index (χ4v) is 2.31. The summed E-state index contributed by atoms with van der Waals surface area (Å²) >= 11 is 0. The standard InChI is InChI=1S/C15H23N3O4/c1-5-21-13(19)12-11-9-17(14(20)22-15(2,3)4)7-6-8-18(11)10-16-12/h10H,5-9H2,1-4H3. The van der Waals surface area contributed by atoms with Crippen LogP contribution in [0, 0.1) is 0 Å². The number of carbonyl (C=O) groups excluding carboxylic acids is 2. The van der Waals surface area contributed by atoms with Crippen molar-refractivity contribution in [2.24, 2.45) is 0 Å². The quantitative estimate of drug-likeness (QED) is 0.783. The number of nitrogens with zero attached hydrogens (tertiary/aromatic N) is 3. The van der Waals surface area contributed by atoms with E-state index in [0.717, 1.165) is 6.42 Å². The maximum Gasteiger partial charge on any atom is 0.410 e. The van der Waals surface area contributed by atoms with Crippen LogP contribution in [0.5, 0.6) is 0 Å². The number of hydrogen-bond acceptors (Lipinski definition) is 5. The number of fused-ring (bicyclic) bond motifs is 1. The van der Waals surface area contributed by atoms with Gasteiger partial charge in [0.25, 0.3) is 0 Å². The third kappa shape index (κ3) is 3.78. The van der Waals surface area contributed by atoms with Crippen LogP contribution in [-0.4, -0.2) is 45.3 Å². The highest BCUT2D eigenvalue weighted by Gasteiger charge is 2.28. The van der Waals surface area contributed by atoms with E-state index in [4.69, 9.17) is 9.47 Å². The summed E-state index contributed by atoms with van der Waals surface area (Å²) in [6.45, 7) is 9.12. The number of ether oxygens (including phenoxy) is 2. The number of esters is 1. The Hall–Kier alpha value is -2.05. The molecule has 2 rings (SSSR count). The molecule has 0 aliphatic carbocycles. The molecule has 0 bridgehead atoms. The van der Waals surface area contributed by atoms with Crippen LogP contribution in [0.15, 0.2) is 6.33 Å². The van der Waals surface area contributed by atoms with Gasteiger partial charge in [-0.25, -0.2) is 14.6 Å². The fraction of sp³-hybridized carbons (Fsp3) is 0.667. The molecule has 2 heterocycles.